The SMILES string of the molecule is CCCCn1c(C)cc(=O)c(O)c1CN1CCN(C)CC1. The number of likely N-dealkylation sites (N-methyl/N-ethyl adjacent to an activating group) is 1. The van der Waals surface area contributed by atoms with E-state index in [1.54, 1.807) is 6.07 Å². The third kappa shape index (κ3) is 3.86. The van der Waals surface area contributed by atoms with Gasteiger partial charge in [0.25, 0.3) is 0 Å². The molecule has 1 fully saturated rings. The van der Waals surface area contributed by atoms with Crippen LogP contribution in [-0.2, 0) is 13.1 Å². The van der Waals surface area contributed by atoms with Crippen LogP contribution in [0.3, 0.4) is 0 Å². The lowest BCUT2D eigenvalue weighted by Gasteiger charge is -2.33. The lowest BCUT2D eigenvalue weighted by Crippen LogP contribution is -2.44. The van der Waals surface area contributed by atoms with Gasteiger partial charge in [-0.3, -0.25) is 9.69 Å². The molecule has 1 aliphatic heterocycles. The molecule has 0 aliphatic carbocycles. The van der Waals surface area contributed by atoms with Crippen molar-refractivity contribution < 1.29 is 5.11 Å². The van der Waals surface area contributed by atoms with Crippen molar-refractivity contribution in [3.8, 4) is 5.75 Å². The van der Waals surface area contributed by atoms with E-state index in [9.17, 15) is 9.90 Å². The number of nitrogens with zero attached hydrogens (tertiary/aromatic N) is 3. The smallest absolute Gasteiger partial charge is 0.223 e. The molecule has 1 aliphatic rings. The van der Waals surface area contributed by atoms with Crippen molar-refractivity contribution in [2.24, 2.45) is 0 Å². The molecule has 0 bridgehead atoms. The fourth-order valence-electron chi connectivity index (χ4n) is 2.82. The zero-order valence-electron chi connectivity index (χ0n) is 13.4. The second kappa shape index (κ2) is 7.09. The van der Waals surface area contributed by atoms with Crippen molar-refractivity contribution in [3.63, 3.8) is 0 Å². The minimum atomic E-state index is -0.260. The van der Waals surface area contributed by atoms with Crippen LogP contribution in [0.2, 0.25) is 0 Å². The number of rotatable bonds is 5. The topological polar surface area (TPSA) is 48.7 Å². The van der Waals surface area contributed by atoms with Crippen LogP contribution in [0.4, 0.5) is 0 Å². The molecule has 0 radical (unpaired) electrons. The quantitative estimate of drug-likeness (QED) is 0.892. The predicted molar refractivity (Wildman–Crippen MR) is 84.8 cm³/mol. The number of hydrogen-bond donors (Lipinski definition) is 1. The molecule has 0 saturated carbocycles. The molecule has 0 amide bonds. The second-order valence-electron chi connectivity index (χ2n) is 6.03. The highest BCUT2D eigenvalue weighted by atomic mass is 16.3. The normalized spacial score (nSPS) is 17.3. The highest BCUT2D eigenvalue weighted by Gasteiger charge is 2.19. The molecule has 0 atom stereocenters. The van der Waals surface area contributed by atoms with Gasteiger partial charge < -0.3 is 14.6 Å². The molecule has 1 N–H and O–H groups in total. The number of aryl methyl sites for hydroxylation is 1. The Kier molecular flexibility index (Phi) is 5.42. The van der Waals surface area contributed by atoms with Crippen molar-refractivity contribution in [1.29, 1.82) is 0 Å². The number of pyridine rings is 1. The van der Waals surface area contributed by atoms with Crippen LogP contribution in [0.1, 0.15) is 31.2 Å². The number of aromatic nitrogens is 1. The maximum Gasteiger partial charge on any atom is 0.223 e. The summed E-state index contributed by atoms with van der Waals surface area (Å²) in [5.41, 5.74) is 1.46. The van der Waals surface area contributed by atoms with Crippen LogP contribution in [0.5, 0.6) is 5.75 Å². The summed E-state index contributed by atoms with van der Waals surface area (Å²) in [4.78, 5) is 16.5. The van der Waals surface area contributed by atoms with E-state index in [4.69, 9.17) is 0 Å². The lowest BCUT2D eigenvalue weighted by molar-refractivity contribution is 0.144. The van der Waals surface area contributed by atoms with E-state index < -0.39 is 0 Å². The third-order valence-electron chi connectivity index (χ3n) is 4.30. The fraction of sp³-hybridized carbons (Fsp3) is 0.688. The lowest BCUT2D eigenvalue weighted by atomic mass is 10.2. The molecule has 2 heterocycles. The summed E-state index contributed by atoms with van der Waals surface area (Å²) in [6.07, 6.45) is 2.15. The summed E-state index contributed by atoms with van der Waals surface area (Å²) in [5.74, 6) is -0.0735. The van der Waals surface area contributed by atoms with Crippen LogP contribution in [0.15, 0.2) is 10.9 Å². The highest BCUT2D eigenvalue weighted by molar-refractivity contribution is 5.29. The summed E-state index contributed by atoms with van der Waals surface area (Å²) in [7, 11) is 2.12. The Morgan fingerprint density at radius 2 is 1.90 bits per heavy atom. The van der Waals surface area contributed by atoms with Gasteiger partial charge in [-0.05, 0) is 20.4 Å². The van der Waals surface area contributed by atoms with Crippen molar-refractivity contribution in [1.82, 2.24) is 14.4 Å². The molecular weight excluding hydrogens is 266 g/mol. The average Bonchev–Trinajstić information content (AvgIpc) is 2.46. The van der Waals surface area contributed by atoms with Crippen molar-refractivity contribution in [2.75, 3.05) is 33.2 Å². The number of piperazine rings is 1. The standard InChI is InChI=1S/C16H27N3O2/c1-4-5-6-19-13(2)11-15(20)16(21)14(19)12-18-9-7-17(3)8-10-18/h11,21H,4-10,12H2,1-3H3. The Bertz CT molecular complexity index is 531. The van der Waals surface area contributed by atoms with Gasteiger partial charge in [0.05, 0.1) is 5.69 Å². The molecule has 5 nitrogen and oxygen atoms in total. The molecule has 0 spiro atoms. The summed E-state index contributed by atoms with van der Waals surface area (Å²) in [6.45, 7) is 9.64. The minimum Gasteiger partial charge on any atom is -0.503 e. The Morgan fingerprint density at radius 1 is 1.24 bits per heavy atom. The summed E-state index contributed by atoms with van der Waals surface area (Å²) >= 11 is 0. The van der Waals surface area contributed by atoms with Crippen molar-refractivity contribution in [2.45, 2.75) is 39.8 Å². The average molecular weight is 293 g/mol. The van der Waals surface area contributed by atoms with Crippen molar-refractivity contribution >= 4 is 0 Å². The number of hydrogen-bond acceptors (Lipinski definition) is 4. The summed E-state index contributed by atoms with van der Waals surface area (Å²) in [5, 5.41) is 10.2. The number of aromatic hydroxyl groups is 1. The maximum absolute atomic E-state index is 11.9. The van der Waals surface area contributed by atoms with Gasteiger partial charge in [0.2, 0.25) is 5.43 Å². The molecule has 21 heavy (non-hydrogen) atoms. The Balaban J connectivity index is 2.25. The first-order valence-corrected chi connectivity index (χ1v) is 7.86. The largest absolute Gasteiger partial charge is 0.503 e. The molecule has 1 aromatic heterocycles. The zero-order chi connectivity index (χ0) is 15.4. The van der Waals surface area contributed by atoms with Crippen LogP contribution in [0, 0.1) is 6.92 Å². The zero-order valence-corrected chi connectivity index (χ0v) is 13.4. The van der Waals surface area contributed by atoms with E-state index >= 15 is 0 Å². The van der Waals surface area contributed by atoms with E-state index in [0.717, 1.165) is 57.0 Å². The molecule has 0 aromatic carbocycles. The fourth-order valence-corrected chi connectivity index (χ4v) is 2.82. The first-order valence-electron chi connectivity index (χ1n) is 7.86. The van der Waals surface area contributed by atoms with Gasteiger partial charge >= 0.3 is 0 Å². The maximum atomic E-state index is 11.9. The second-order valence-corrected chi connectivity index (χ2v) is 6.03. The van der Waals surface area contributed by atoms with E-state index in [1.807, 2.05) is 6.92 Å². The molecule has 0 unspecified atom stereocenters. The third-order valence-corrected chi connectivity index (χ3v) is 4.30. The Labute approximate surface area is 126 Å². The summed E-state index contributed by atoms with van der Waals surface area (Å²) in [6, 6.07) is 1.54. The van der Waals surface area contributed by atoms with Gasteiger partial charge in [-0.1, -0.05) is 13.3 Å². The van der Waals surface area contributed by atoms with Crippen LogP contribution >= 0.6 is 0 Å². The molecule has 1 aromatic rings. The van der Waals surface area contributed by atoms with Crippen LogP contribution < -0.4 is 5.43 Å². The molecule has 1 saturated heterocycles. The van der Waals surface area contributed by atoms with E-state index in [0.29, 0.717) is 6.54 Å². The van der Waals surface area contributed by atoms with E-state index in [-0.39, 0.29) is 11.2 Å². The molecule has 5 heteroatoms. The van der Waals surface area contributed by atoms with Crippen molar-refractivity contribution in [3.05, 3.63) is 27.7 Å². The predicted octanol–water partition coefficient (Wildman–Crippen LogP) is 1.41. The summed E-state index contributed by atoms with van der Waals surface area (Å²) < 4.78 is 2.11. The molecular formula is C16H27N3O2. The van der Waals surface area contributed by atoms with E-state index in [1.165, 1.54) is 0 Å². The first-order chi connectivity index (χ1) is 10.0. The van der Waals surface area contributed by atoms with Gasteiger partial charge in [0.1, 0.15) is 0 Å². The Hall–Kier alpha value is -1.33. The van der Waals surface area contributed by atoms with Crippen LogP contribution in [0.25, 0.3) is 0 Å². The highest BCUT2D eigenvalue weighted by Crippen LogP contribution is 2.18. The van der Waals surface area contributed by atoms with E-state index in [2.05, 4.69) is 28.3 Å². The molecule has 118 valence electrons. The molecule has 2 rings (SSSR count). The van der Waals surface area contributed by atoms with Gasteiger partial charge in [-0.2, -0.15) is 0 Å². The monoisotopic (exact) mass is 293 g/mol. The van der Waals surface area contributed by atoms with Gasteiger partial charge in [-0.25, -0.2) is 0 Å². The van der Waals surface area contributed by atoms with Crippen LogP contribution in [-0.4, -0.2) is 52.7 Å². The van der Waals surface area contributed by atoms with Gasteiger partial charge in [0.15, 0.2) is 5.75 Å². The Morgan fingerprint density at radius 3 is 2.52 bits per heavy atom. The van der Waals surface area contributed by atoms with Gasteiger partial charge in [-0.15, -0.1) is 0 Å². The van der Waals surface area contributed by atoms with Gasteiger partial charge in [0, 0.05) is 51.0 Å². The first kappa shape index (κ1) is 16.0. The number of unbranched alkanes of at least 4 members (excludes halogenated alkanes) is 1. The minimum absolute atomic E-state index is 0.0735.